The molecule has 0 aromatic carbocycles. The van der Waals surface area contributed by atoms with Gasteiger partial charge in [-0.25, -0.2) is 4.79 Å². The molecule has 0 aromatic rings. The van der Waals surface area contributed by atoms with Gasteiger partial charge in [-0.1, -0.05) is 0 Å². The first kappa shape index (κ1) is 14.8. The summed E-state index contributed by atoms with van der Waals surface area (Å²) in [6.07, 6.45) is 0.149. The molecule has 0 aromatic heterocycles. The van der Waals surface area contributed by atoms with Crippen LogP contribution in [0.15, 0.2) is 0 Å². The fourth-order valence-corrected chi connectivity index (χ4v) is 2.05. The van der Waals surface area contributed by atoms with Crippen molar-refractivity contribution < 1.29 is 19.4 Å². The fraction of sp³-hybridized carbons (Fsp3) is 0.833. The molecule has 0 aliphatic carbocycles. The lowest BCUT2D eigenvalue weighted by molar-refractivity contribution is -0.145. The van der Waals surface area contributed by atoms with E-state index >= 15 is 0 Å². The standard InChI is InChI=1S/C12H22N2O4/c1-12(2,3)18-11(17)14-5-4-8(6-13)9(7-14)10(15)16/h8-9H,4-7,13H2,1-3H3,(H,15,16)/t8-,9+/m1/s1. The van der Waals surface area contributed by atoms with Gasteiger partial charge in [0.25, 0.3) is 0 Å². The molecule has 1 rings (SSSR count). The lowest BCUT2D eigenvalue weighted by Gasteiger charge is -2.36. The van der Waals surface area contributed by atoms with Gasteiger partial charge in [0.2, 0.25) is 0 Å². The number of piperidine rings is 1. The molecule has 0 bridgehead atoms. The highest BCUT2D eigenvalue weighted by atomic mass is 16.6. The fourth-order valence-electron chi connectivity index (χ4n) is 2.05. The van der Waals surface area contributed by atoms with Crippen LogP contribution in [-0.2, 0) is 9.53 Å². The quantitative estimate of drug-likeness (QED) is 0.767. The van der Waals surface area contributed by atoms with Crippen molar-refractivity contribution in [1.29, 1.82) is 0 Å². The summed E-state index contributed by atoms with van der Waals surface area (Å²) in [7, 11) is 0. The zero-order chi connectivity index (χ0) is 13.9. The summed E-state index contributed by atoms with van der Waals surface area (Å²) in [6, 6.07) is 0. The van der Waals surface area contributed by atoms with Crippen LogP contribution in [0.1, 0.15) is 27.2 Å². The SMILES string of the molecule is CC(C)(C)OC(=O)N1CC[C@H](CN)[C@@H](C(=O)O)C1. The molecule has 2 atom stereocenters. The van der Waals surface area contributed by atoms with Gasteiger partial charge in [0.15, 0.2) is 0 Å². The third kappa shape index (κ3) is 3.87. The Balaban J connectivity index is 2.65. The summed E-state index contributed by atoms with van der Waals surface area (Å²) in [5.41, 5.74) is 4.99. The largest absolute Gasteiger partial charge is 0.481 e. The van der Waals surface area contributed by atoms with E-state index in [0.717, 1.165) is 0 Å². The smallest absolute Gasteiger partial charge is 0.410 e. The van der Waals surface area contributed by atoms with Crippen LogP contribution in [0.5, 0.6) is 0 Å². The highest BCUT2D eigenvalue weighted by Gasteiger charge is 2.36. The van der Waals surface area contributed by atoms with Crippen molar-refractivity contribution in [2.24, 2.45) is 17.6 Å². The van der Waals surface area contributed by atoms with Crippen molar-refractivity contribution in [3.63, 3.8) is 0 Å². The normalized spacial score (nSPS) is 24.8. The average molecular weight is 258 g/mol. The summed E-state index contributed by atoms with van der Waals surface area (Å²) < 4.78 is 5.24. The van der Waals surface area contributed by atoms with E-state index < -0.39 is 23.6 Å². The highest BCUT2D eigenvalue weighted by molar-refractivity contribution is 5.73. The summed E-state index contributed by atoms with van der Waals surface area (Å²) in [5.74, 6) is -1.57. The predicted octanol–water partition coefficient (Wildman–Crippen LogP) is 0.903. The minimum absolute atomic E-state index is 0.0683. The van der Waals surface area contributed by atoms with Crippen molar-refractivity contribution in [2.75, 3.05) is 19.6 Å². The maximum Gasteiger partial charge on any atom is 0.410 e. The first-order valence-electron chi connectivity index (χ1n) is 6.15. The van der Waals surface area contributed by atoms with E-state index in [4.69, 9.17) is 15.6 Å². The van der Waals surface area contributed by atoms with Crippen LogP contribution in [0, 0.1) is 11.8 Å². The monoisotopic (exact) mass is 258 g/mol. The van der Waals surface area contributed by atoms with Gasteiger partial charge in [-0.05, 0) is 39.7 Å². The number of carboxylic acids is 1. The van der Waals surface area contributed by atoms with Crippen molar-refractivity contribution in [3.05, 3.63) is 0 Å². The molecule has 0 radical (unpaired) electrons. The van der Waals surface area contributed by atoms with Gasteiger partial charge in [0, 0.05) is 13.1 Å². The molecule has 1 heterocycles. The van der Waals surface area contributed by atoms with Crippen molar-refractivity contribution >= 4 is 12.1 Å². The van der Waals surface area contributed by atoms with Gasteiger partial charge in [-0.15, -0.1) is 0 Å². The van der Waals surface area contributed by atoms with E-state index in [1.165, 1.54) is 4.90 Å². The summed E-state index contributed by atoms with van der Waals surface area (Å²) in [6.45, 7) is 6.36. The molecule has 0 spiro atoms. The number of ether oxygens (including phenoxy) is 1. The summed E-state index contributed by atoms with van der Waals surface area (Å²) in [5, 5.41) is 9.14. The average Bonchev–Trinajstić information content (AvgIpc) is 2.25. The first-order valence-corrected chi connectivity index (χ1v) is 6.15. The Labute approximate surface area is 107 Å². The number of nitrogens with two attached hydrogens (primary N) is 1. The number of likely N-dealkylation sites (tertiary alicyclic amines) is 1. The van der Waals surface area contributed by atoms with Crippen molar-refractivity contribution in [3.8, 4) is 0 Å². The maximum atomic E-state index is 11.9. The topological polar surface area (TPSA) is 92.9 Å². The zero-order valence-corrected chi connectivity index (χ0v) is 11.2. The Morgan fingerprint density at radius 2 is 2.06 bits per heavy atom. The number of rotatable bonds is 2. The van der Waals surface area contributed by atoms with E-state index in [1.54, 1.807) is 20.8 Å². The van der Waals surface area contributed by atoms with Crippen LogP contribution in [0.3, 0.4) is 0 Å². The number of amides is 1. The Kier molecular flexibility index (Phi) is 4.56. The number of carboxylic acid groups (broad SMARTS) is 1. The van der Waals surface area contributed by atoms with Gasteiger partial charge in [-0.2, -0.15) is 0 Å². The second-order valence-corrected chi connectivity index (χ2v) is 5.66. The van der Waals surface area contributed by atoms with E-state index in [-0.39, 0.29) is 12.5 Å². The van der Waals surface area contributed by atoms with Gasteiger partial charge < -0.3 is 20.5 Å². The Morgan fingerprint density at radius 1 is 1.44 bits per heavy atom. The van der Waals surface area contributed by atoms with Crippen LogP contribution < -0.4 is 5.73 Å². The van der Waals surface area contributed by atoms with Crippen LogP contribution in [0.4, 0.5) is 4.79 Å². The first-order chi connectivity index (χ1) is 8.24. The van der Waals surface area contributed by atoms with Crippen LogP contribution in [0.25, 0.3) is 0 Å². The molecule has 1 aliphatic heterocycles. The molecule has 0 unspecified atom stereocenters. The third-order valence-corrected chi connectivity index (χ3v) is 3.03. The van der Waals surface area contributed by atoms with E-state index in [0.29, 0.717) is 19.5 Å². The molecule has 1 saturated heterocycles. The Bertz CT molecular complexity index is 325. The van der Waals surface area contributed by atoms with Gasteiger partial charge >= 0.3 is 12.1 Å². The van der Waals surface area contributed by atoms with Crippen molar-refractivity contribution in [1.82, 2.24) is 4.90 Å². The summed E-state index contributed by atoms with van der Waals surface area (Å²) >= 11 is 0. The minimum Gasteiger partial charge on any atom is -0.481 e. The van der Waals surface area contributed by atoms with E-state index in [1.807, 2.05) is 0 Å². The Hall–Kier alpha value is -1.30. The van der Waals surface area contributed by atoms with Gasteiger partial charge in [0.05, 0.1) is 5.92 Å². The number of aliphatic carboxylic acids is 1. The van der Waals surface area contributed by atoms with Gasteiger partial charge in [-0.3, -0.25) is 4.79 Å². The molecular weight excluding hydrogens is 236 g/mol. The molecular formula is C12H22N2O4. The Morgan fingerprint density at radius 3 is 2.50 bits per heavy atom. The number of carbonyl (C=O) groups is 2. The number of hydrogen-bond donors (Lipinski definition) is 2. The molecule has 18 heavy (non-hydrogen) atoms. The number of hydrogen-bond acceptors (Lipinski definition) is 4. The lowest BCUT2D eigenvalue weighted by atomic mass is 9.86. The molecule has 3 N–H and O–H groups in total. The predicted molar refractivity (Wildman–Crippen MR) is 66.1 cm³/mol. The molecule has 1 fully saturated rings. The zero-order valence-electron chi connectivity index (χ0n) is 11.2. The van der Waals surface area contributed by atoms with Crippen LogP contribution in [0.2, 0.25) is 0 Å². The molecule has 6 heteroatoms. The second-order valence-electron chi connectivity index (χ2n) is 5.66. The number of nitrogens with zero attached hydrogens (tertiary/aromatic N) is 1. The minimum atomic E-state index is -0.904. The van der Waals surface area contributed by atoms with Crippen LogP contribution in [-0.4, -0.2) is 47.3 Å². The lowest BCUT2D eigenvalue weighted by Crippen LogP contribution is -2.49. The molecule has 104 valence electrons. The molecule has 6 nitrogen and oxygen atoms in total. The third-order valence-electron chi connectivity index (χ3n) is 3.03. The maximum absolute atomic E-state index is 11.9. The van der Waals surface area contributed by atoms with Crippen molar-refractivity contribution in [2.45, 2.75) is 32.8 Å². The van der Waals surface area contributed by atoms with Gasteiger partial charge in [0.1, 0.15) is 5.60 Å². The van der Waals surface area contributed by atoms with E-state index in [2.05, 4.69) is 0 Å². The number of carbonyl (C=O) groups excluding carboxylic acids is 1. The molecule has 0 saturated carbocycles. The molecule has 1 amide bonds. The molecule has 1 aliphatic rings. The van der Waals surface area contributed by atoms with Crippen LogP contribution >= 0.6 is 0 Å². The van der Waals surface area contributed by atoms with E-state index in [9.17, 15) is 9.59 Å². The second kappa shape index (κ2) is 5.56. The summed E-state index contributed by atoms with van der Waals surface area (Å²) in [4.78, 5) is 24.5. The highest BCUT2D eigenvalue weighted by Crippen LogP contribution is 2.24.